The fourth-order valence-electron chi connectivity index (χ4n) is 2.90. The van der Waals surface area contributed by atoms with Crippen molar-refractivity contribution in [1.82, 2.24) is 10.2 Å². The third-order valence-corrected chi connectivity index (χ3v) is 4.26. The Morgan fingerprint density at radius 2 is 1.88 bits per heavy atom. The quantitative estimate of drug-likeness (QED) is 0.839. The number of methoxy groups -OCH3 is 2. The normalized spacial score (nSPS) is 14.2. The van der Waals surface area contributed by atoms with E-state index in [1.54, 1.807) is 37.4 Å². The van der Waals surface area contributed by atoms with E-state index < -0.39 is 0 Å². The number of ether oxygens (including phenoxy) is 2. The van der Waals surface area contributed by atoms with Crippen molar-refractivity contribution in [1.29, 1.82) is 0 Å². The maximum Gasteiger partial charge on any atom is 0.276 e. The van der Waals surface area contributed by atoms with Crippen molar-refractivity contribution in [3.8, 4) is 11.5 Å². The number of hydrogen-bond acceptors (Lipinski definition) is 6. The second kappa shape index (κ2) is 7.83. The fourth-order valence-corrected chi connectivity index (χ4v) is 2.90. The second-order valence-corrected chi connectivity index (χ2v) is 5.95. The highest BCUT2D eigenvalue weighted by atomic mass is 16.5. The summed E-state index contributed by atoms with van der Waals surface area (Å²) in [7, 11) is 3.11. The van der Waals surface area contributed by atoms with E-state index in [1.165, 1.54) is 20.0 Å². The van der Waals surface area contributed by atoms with Gasteiger partial charge in [0.05, 0.1) is 19.9 Å². The molecule has 0 aliphatic heterocycles. The zero-order valence-corrected chi connectivity index (χ0v) is 14.4. The van der Waals surface area contributed by atoms with Gasteiger partial charge in [0.2, 0.25) is 0 Å². The largest absolute Gasteiger partial charge is 0.497 e. The van der Waals surface area contributed by atoms with Crippen LogP contribution in [0.3, 0.4) is 0 Å². The molecule has 1 aliphatic rings. The van der Waals surface area contributed by atoms with Crippen LogP contribution in [-0.2, 0) is 0 Å². The number of anilines is 2. The molecule has 0 unspecified atom stereocenters. The minimum absolute atomic E-state index is 0.245. The van der Waals surface area contributed by atoms with Gasteiger partial charge >= 0.3 is 0 Å². The molecule has 1 aromatic carbocycles. The lowest BCUT2D eigenvalue weighted by Crippen LogP contribution is -2.18. The van der Waals surface area contributed by atoms with Gasteiger partial charge in [0.1, 0.15) is 17.3 Å². The molecular weight excluding hydrogens is 320 g/mol. The Bertz CT molecular complexity index is 728. The average Bonchev–Trinajstić information content (AvgIpc) is 3.15. The van der Waals surface area contributed by atoms with Gasteiger partial charge in [0, 0.05) is 12.1 Å². The minimum Gasteiger partial charge on any atom is -0.497 e. The van der Waals surface area contributed by atoms with Crippen LogP contribution in [0.2, 0.25) is 0 Å². The molecule has 0 atom stereocenters. The summed E-state index contributed by atoms with van der Waals surface area (Å²) in [6.07, 6.45) is 4.80. The van der Waals surface area contributed by atoms with Crippen molar-refractivity contribution < 1.29 is 14.3 Å². The topological polar surface area (TPSA) is 85.4 Å². The van der Waals surface area contributed by atoms with Gasteiger partial charge in [0.15, 0.2) is 5.69 Å². The Morgan fingerprint density at radius 1 is 1.08 bits per heavy atom. The summed E-state index contributed by atoms with van der Waals surface area (Å²) in [6, 6.07) is 9.08. The first kappa shape index (κ1) is 17.0. The third kappa shape index (κ3) is 4.17. The van der Waals surface area contributed by atoms with Gasteiger partial charge in [-0.2, -0.15) is 0 Å². The van der Waals surface area contributed by atoms with E-state index in [-0.39, 0.29) is 11.6 Å². The molecule has 1 aliphatic carbocycles. The maximum atomic E-state index is 12.4. The lowest BCUT2D eigenvalue weighted by atomic mass is 10.2. The lowest BCUT2D eigenvalue weighted by Gasteiger charge is -2.13. The molecule has 132 valence electrons. The SMILES string of the molecule is COc1ccc(NC(=O)c2ccc(NC3CCCC3)nn2)c(OC)c1. The third-order valence-electron chi connectivity index (χ3n) is 4.26. The Hall–Kier alpha value is -2.83. The number of aromatic nitrogens is 2. The van der Waals surface area contributed by atoms with Crippen molar-refractivity contribution >= 4 is 17.4 Å². The number of rotatable bonds is 6. The monoisotopic (exact) mass is 342 g/mol. The van der Waals surface area contributed by atoms with Gasteiger partial charge in [-0.1, -0.05) is 12.8 Å². The van der Waals surface area contributed by atoms with Crippen molar-refractivity contribution in [3.63, 3.8) is 0 Å². The van der Waals surface area contributed by atoms with Gasteiger partial charge in [-0.25, -0.2) is 0 Å². The molecule has 1 fully saturated rings. The summed E-state index contributed by atoms with van der Waals surface area (Å²) in [6.45, 7) is 0. The van der Waals surface area contributed by atoms with Crippen molar-refractivity contribution in [2.24, 2.45) is 0 Å². The summed E-state index contributed by atoms with van der Waals surface area (Å²) >= 11 is 0. The predicted octanol–water partition coefficient (Wildman–Crippen LogP) is 3.10. The zero-order chi connectivity index (χ0) is 17.6. The molecule has 7 nitrogen and oxygen atoms in total. The Morgan fingerprint density at radius 3 is 2.52 bits per heavy atom. The molecule has 2 aromatic rings. The van der Waals surface area contributed by atoms with Gasteiger partial charge in [-0.05, 0) is 37.1 Å². The van der Waals surface area contributed by atoms with E-state index in [0.29, 0.717) is 29.0 Å². The first-order valence-corrected chi connectivity index (χ1v) is 8.33. The molecule has 3 rings (SSSR count). The highest BCUT2D eigenvalue weighted by Crippen LogP contribution is 2.29. The average molecular weight is 342 g/mol. The molecule has 7 heteroatoms. The van der Waals surface area contributed by atoms with E-state index in [2.05, 4.69) is 20.8 Å². The van der Waals surface area contributed by atoms with E-state index in [4.69, 9.17) is 9.47 Å². The fraction of sp³-hybridized carbons (Fsp3) is 0.389. The maximum absolute atomic E-state index is 12.4. The molecule has 1 heterocycles. The number of hydrogen-bond donors (Lipinski definition) is 2. The second-order valence-electron chi connectivity index (χ2n) is 5.95. The van der Waals surface area contributed by atoms with Crippen LogP contribution < -0.4 is 20.1 Å². The van der Waals surface area contributed by atoms with Crippen molar-refractivity contribution in [2.45, 2.75) is 31.7 Å². The zero-order valence-electron chi connectivity index (χ0n) is 14.4. The standard InChI is InChI=1S/C18H22N4O3/c1-24-13-7-8-14(16(11-13)25-2)20-18(23)15-9-10-17(22-21-15)19-12-5-3-4-6-12/h7-12H,3-6H2,1-2H3,(H,19,22)(H,20,23). The van der Waals surface area contributed by atoms with Crippen LogP contribution in [0, 0.1) is 0 Å². The number of carbonyl (C=O) groups is 1. The van der Waals surface area contributed by atoms with Crippen LogP contribution in [0.15, 0.2) is 30.3 Å². The highest BCUT2D eigenvalue weighted by Gasteiger charge is 2.16. The number of benzene rings is 1. The molecule has 1 saturated carbocycles. The Balaban J connectivity index is 1.66. The predicted molar refractivity (Wildman–Crippen MR) is 95.4 cm³/mol. The highest BCUT2D eigenvalue weighted by molar-refractivity contribution is 6.03. The summed E-state index contributed by atoms with van der Waals surface area (Å²) in [5.41, 5.74) is 0.790. The van der Waals surface area contributed by atoms with Crippen molar-refractivity contribution in [3.05, 3.63) is 36.0 Å². The van der Waals surface area contributed by atoms with E-state index in [9.17, 15) is 4.79 Å². The van der Waals surface area contributed by atoms with E-state index in [1.807, 2.05) is 0 Å². The summed E-state index contributed by atoms with van der Waals surface area (Å²) in [4.78, 5) is 12.4. The number of nitrogens with zero attached hydrogens (tertiary/aromatic N) is 2. The molecule has 0 spiro atoms. The van der Waals surface area contributed by atoms with Gasteiger partial charge in [-0.3, -0.25) is 4.79 Å². The van der Waals surface area contributed by atoms with Gasteiger partial charge in [0.25, 0.3) is 5.91 Å². The van der Waals surface area contributed by atoms with E-state index in [0.717, 1.165) is 12.8 Å². The first-order chi connectivity index (χ1) is 12.2. The summed E-state index contributed by atoms with van der Waals surface area (Å²) < 4.78 is 10.4. The number of amides is 1. The molecular formula is C18H22N4O3. The Labute approximate surface area is 146 Å². The van der Waals surface area contributed by atoms with Gasteiger partial charge < -0.3 is 20.1 Å². The summed E-state index contributed by atoms with van der Waals surface area (Å²) in [5, 5.41) is 14.2. The molecule has 2 N–H and O–H groups in total. The molecule has 1 amide bonds. The molecule has 0 radical (unpaired) electrons. The molecule has 1 aromatic heterocycles. The van der Waals surface area contributed by atoms with E-state index >= 15 is 0 Å². The smallest absolute Gasteiger partial charge is 0.276 e. The van der Waals surface area contributed by atoms with Crippen LogP contribution in [0.25, 0.3) is 0 Å². The number of nitrogens with one attached hydrogen (secondary N) is 2. The Kier molecular flexibility index (Phi) is 5.33. The van der Waals surface area contributed by atoms with Crippen LogP contribution in [-0.4, -0.2) is 36.4 Å². The lowest BCUT2D eigenvalue weighted by molar-refractivity contribution is 0.102. The summed E-state index contributed by atoms with van der Waals surface area (Å²) in [5.74, 6) is 1.52. The molecule has 25 heavy (non-hydrogen) atoms. The number of carbonyl (C=O) groups excluding carboxylic acids is 1. The van der Waals surface area contributed by atoms with Crippen LogP contribution in [0.4, 0.5) is 11.5 Å². The minimum atomic E-state index is -0.344. The van der Waals surface area contributed by atoms with Gasteiger partial charge in [-0.15, -0.1) is 10.2 Å². The van der Waals surface area contributed by atoms with Crippen LogP contribution in [0.5, 0.6) is 11.5 Å². The molecule has 0 saturated heterocycles. The first-order valence-electron chi connectivity index (χ1n) is 8.33. The van der Waals surface area contributed by atoms with Crippen LogP contribution in [0.1, 0.15) is 36.2 Å². The van der Waals surface area contributed by atoms with Crippen molar-refractivity contribution in [2.75, 3.05) is 24.9 Å². The molecule has 0 bridgehead atoms. The van der Waals surface area contributed by atoms with Crippen LogP contribution >= 0.6 is 0 Å².